The predicted octanol–water partition coefficient (Wildman–Crippen LogP) is 3.47. The molecule has 0 radical (unpaired) electrons. The van der Waals surface area contributed by atoms with Crippen molar-refractivity contribution in [3.8, 4) is 6.07 Å². The van der Waals surface area contributed by atoms with Crippen molar-refractivity contribution < 1.29 is 9.18 Å². The lowest BCUT2D eigenvalue weighted by Gasteiger charge is -2.09. The zero-order valence-electron chi connectivity index (χ0n) is 9.68. The number of hydrogen-bond donors (Lipinski definition) is 0. The van der Waals surface area contributed by atoms with Crippen LogP contribution in [0.15, 0.2) is 47.2 Å². The standard InChI is InChI=1S/C14H8BrFN2O/c15-12-3-1-2-10(13(12)16)14(19)11(8-17)9-4-6-18-7-5-9/h1-7,11H. The monoisotopic (exact) mass is 318 g/mol. The van der Waals surface area contributed by atoms with Crippen LogP contribution in [0.25, 0.3) is 0 Å². The van der Waals surface area contributed by atoms with Gasteiger partial charge in [-0.2, -0.15) is 5.26 Å². The number of halogens is 2. The molecule has 1 aromatic heterocycles. The Balaban J connectivity index is 2.43. The second-order valence-corrected chi connectivity index (χ2v) is 4.66. The van der Waals surface area contributed by atoms with Crippen molar-refractivity contribution in [1.29, 1.82) is 5.26 Å². The summed E-state index contributed by atoms with van der Waals surface area (Å²) in [5, 5.41) is 9.15. The maximum Gasteiger partial charge on any atom is 0.187 e. The van der Waals surface area contributed by atoms with Gasteiger partial charge in [0.15, 0.2) is 5.78 Å². The summed E-state index contributed by atoms with van der Waals surface area (Å²) in [4.78, 5) is 16.1. The van der Waals surface area contributed by atoms with E-state index in [1.54, 1.807) is 18.2 Å². The lowest BCUT2D eigenvalue weighted by molar-refractivity contribution is 0.0975. The van der Waals surface area contributed by atoms with Crippen molar-refractivity contribution >= 4 is 21.7 Å². The fourth-order valence-corrected chi connectivity index (χ4v) is 2.06. The van der Waals surface area contributed by atoms with Gasteiger partial charge in [0.05, 0.1) is 16.1 Å². The van der Waals surface area contributed by atoms with Crippen LogP contribution in [-0.4, -0.2) is 10.8 Å². The van der Waals surface area contributed by atoms with Crippen LogP contribution in [0.4, 0.5) is 4.39 Å². The molecule has 0 aliphatic heterocycles. The molecule has 0 saturated heterocycles. The smallest absolute Gasteiger partial charge is 0.187 e. The van der Waals surface area contributed by atoms with Crippen molar-refractivity contribution in [1.82, 2.24) is 4.98 Å². The zero-order chi connectivity index (χ0) is 13.8. The summed E-state index contributed by atoms with van der Waals surface area (Å²) in [6, 6.07) is 9.47. The number of nitriles is 1. The summed E-state index contributed by atoms with van der Waals surface area (Å²) in [7, 11) is 0. The molecular formula is C14H8BrFN2O. The number of Topliss-reactive ketones (excluding diaryl/α,β-unsaturated/α-hetero) is 1. The van der Waals surface area contributed by atoms with Crippen LogP contribution in [-0.2, 0) is 0 Å². The van der Waals surface area contributed by atoms with Gasteiger partial charge in [0.25, 0.3) is 0 Å². The first-order valence-electron chi connectivity index (χ1n) is 5.43. The van der Waals surface area contributed by atoms with Crippen LogP contribution in [0.3, 0.4) is 0 Å². The number of nitrogens with zero attached hydrogens (tertiary/aromatic N) is 2. The highest BCUT2D eigenvalue weighted by Crippen LogP contribution is 2.25. The fraction of sp³-hybridized carbons (Fsp3) is 0.0714. The van der Waals surface area contributed by atoms with E-state index in [-0.39, 0.29) is 10.0 Å². The molecule has 0 aliphatic carbocycles. The van der Waals surface area contributed by atoms with E-state index in [1.807, 2.05) is 6.07 Å². The molecule has 2 aromatic rings. The van der Waals surface area contributed by atoms with Gasteiger partial charge in [-0.1, -0.05) is 6.07 Å². The normalized spacial score (nSPS) is 11.6. The summed E-state index contributed by atoms with van der Waals surface area (Å²) in [5.74, 6) is -2.25. The fourth-order valence-electron chi connectivity index (χ4n) is 1.69. The molecule has 2 rings (SSSR count). The van der Waals surface area contributed by atoms with E-state index < -0.39 is 17.5 Å². The number of rotatable bonds is 3. The minimum atomic E-state index is -1.04. The lowest BCUT2D eigenvalue weighted by Crippen LogP contribution is -2.13. The highest BCUT2D eigenvalue weighted by Gasteiger charge is 2.24. The number of hydrogen-bond acceptors (Lipinski definition) is 3. The number of benzene rings is 1. The van der Waals surface area contributed by atoms with Crippen molar-refractivity contribution in [2.45, 2.75) is 5.92 Å². The molecular weight excluding hydrogens is 311 g/mol. The van der Waals surface area contributed by atoms with Crippen LogP contribution in [0, 0.1) is 17.1 Å². The van der Waals surface area contributed by atoms with Crippen LogP contribution in [0.2, 0.25) is 0 Å². The number of ketones is 1. The first-order chi connectivity index (χ1) is 9.15. The molecule has 0 aliphatic rings. The second kappa shape index (κ2) is 5.72. The molecule has 0 amide bonds. The summed E-state index contributed by atoms with van der Waals surface area (Å²) in [5.41, 5.74) is 0.402. The minimum absolute atomic E-state index is 0.0993. The highest BCUT2D eigenvalue weighted by atomic mass is 79.9. The van der Waals surface area contributed by atoms with Gasteiger partial charge in [-0.05, 0) is 45.8 Å². The largest absolute Gasteiger partial charge is 0.292 e. The molecule has 0 N–H and O–H groups in total. The average Bonchev–Trinajstić information content (AvgIpc) is 2.44. The Morgan fingerprint density at radius 3 is 2.63 bits per heavy atom. The van der Waals surface area contributed by atoms with Gasteiger partial charge in [0.2, 0.25) is 0 Å². The van der Waals surface area contributed by atoms with Gasteiger partial charge in [-0.15, -0.1) is 0 Å². The van der Waals surface area contributed by atoms with Crippen LogP contribution >= 0.6 is 15.9 Å². The van der Waals surface area contributed by atoms with E-state index >= 15 is 0 Å². The van der Waals surface area contributed by atoms with Crippen LogP contribution in [0.5, 0.6) is 0 Å². The Morgan fingerprint density at radius 2 is 2.00 bits per heavy atom. The van der Waals surface area contributed by atoms with E-state index in [0.29, 0.717) is 5.56 Å². The van der Waals surface area contributed by atoms with Crippen molar-refractivity contribution in [2.75, 3.05) is 0 Å². The second-order valence-electron chi connectivity index (χ2n) is 3.81. The molecule has 0 bridgehead atoms. The Kier molecular flexibility index (Phi) is 4.03. The molecule has 5 heteroatoms. The van der Waals surface area contributed by atoms with Crippen molar-refractivity contribution in [3.63, 3.8) is 0 Å². The Hall–Kier alpha value is -2.06. The molecule has 0 spiro atoms. The Labute approximate surface area is 117 Å². The third kappa shape index (κ3) is 2.69. The van der Waals surface area contributed by atoms with Crippen molar-refractivity contribution in [2.24, 2.45) is 0 Å². The molecule has 19 heavy (non-hydrogen) atoms. The van der Waals surface area contributed by atoms with Crippen LogP contribution in [0.1, 0.15) is 21.8 Å². The number of pyridine rings is 1. The first kappa shape index (κ1) is 13.4. The van der Waals surface area contributed by atoms with Gasteiger partial charge in [-0.25, -0.2) is 4.39 Å². The highest BCUT2D eigenvalue weighted by molar-refractivity contribution is 9.10. The summed E-state index contributed by atoms with van der Waals surface area (Å²) in [6.45, 7) is 0. The van der Waals surface area contributed by atoms with E-state index in [4.69, 9.17) is 5.26 Å². The predicted molar refractivity (Wildman–Crippen MR) is 71.0 cm³/mol. The third-order valence-corrected chi connectivity index (χ3v) is 3.26. The molecule has 1 heterocycles. The van der Waals surface area contributed by atoms with Gasteiger partial charge in [0, 0.05) is 12.4 Å². The molecule has 0 saturated carbocycles. The molecule has 1 aromatic carbocycles. The van der Waals surface area contributed by atoms with E-state index in [1.165, 1.54) is 24.5 Å². The number of carbonyl (C=O) groups excluding carboxylic acids is 1. The topological polar surface area (TPSA) is 53.8 Å². The lowest BCUT2D eigenvalue weighted by atomic mass is 9.92. The summed E-state index contributed by atoms with van der Waals surface area (Å²) < 4.78 is 14.1. The van der Waals surface area contributed by atoms with Gasteiger partial charge >= 0.3 is 0 Å². The molecule has 1 atom stereocenters. The Morgan fingerprint density at radius 1 is 1.32 bits per heavy atom. The zero-order valence-corrected chi connectivity index (χ0v) is 11.3. The first-order valence-corrected chi connectivity index (χ1v) is 6.22. The Bertz CT molecular complexity index is 652. The molecule has 94 valence electrons. The van der Waals surface area contributed by atoms with Crippen molar-refractivity contribution in [3.05, 3.63) is 64.1 Å². The van der Waals surface area contributed by atoms with E-state index in [9.17, 15) is 9.18 Å². The van der Waals surface area contributed by atoms with Gasteiger partial charge in [0.1, 0.15) is 11.7 Å². The number of aromatic nitrogens is 1. The molecule has 1 unspecified atom stereocenters. The number of carbonyl (C=O) groups is 1. The molecule has 0 fully saturated rings. The van der Waals surface area contributed by atoms with E-state index in [2.05, 4.69) is 20.9 Å². The van der Waals surface area contributed by atoms with E-state index in [0.717, 1.165) is 0 Å². The SMILES string of the molecule is N#CC(C(=O)c1cccc(Br)c1F)c1ccncc1. The maximum absolute atomic E-state index is 13.9. The quantitative estimate of drug-likeness (QED) is 0.814. The third-order valence-electron chi connectivity index (χ3n) is 2.65. The maximum atomic E-state index is 13.9. The van der Waals surface area contributed by atoms with Crippen LogP contribution < -0.4 is 0 Å². The average molecular weight is 319 g/mol. The van der Waals surface area contributed by atoms with Gasteiger partial charge in [-0.3, -0.25) is 9.78 Å². The summed E-state index contributed by atoms with van der Waals surface area (Å²) >= 11 is 3.02. The van der Waals surface area contributed by atoms with Gasteiger partial charge < -0.3 is 0 Å². The minimum Gasteiger partial charge on any atom is -0.292 e. The summed E-state index contributed by atoms with van der Waals surface area (Å²) in [6.07, 6.45) is 2.98. The molecule has 3 nitrogen and oxygen atoms in total.